The van der Waals surface area contributed by atoms with Crippen molar-refractivity contribution >= 4 is 17.4 Å². The highest BCUT2D eigenvalue weighted by Gasteiger charge is 2.01. The molecule has 80 valence electrons. The van der Waals surface area contributed by atoms with Crippen LogP contribution in [0.15, 0.2) is 18.5 Å². The number of halogens is 1. The van der Waals surface area contributed by atoms with Crippen molar-refractivity contribution in [2.24, 2.45) is 0 Å². The number of nitrogens with zero attached hydrogens (tertiary/aromatic N) is 4. The maximum absolute atomic E-state index is 5.75. The van der Waals surface area contributed by atoms with E-state index in [4.69, 9.17) is 17.3 Å². The van der Waals surface area contributed by atoms with Gasteiger partial charge in [-0.15, -0.1) is 0 Å². The highest BCUT2D eigenvalue weighted by Crippen LogP contribution is 2.07. The molecule has 2 aromatic rings. The monoisotopic (exact) mass is 225 g/mol. The van der Waals surface area contributed by atoms with E-state index in [-0.39, 0.29) is 0 Å². The first-order valence-electron chi connectivity index (χ1n) is 4.63. The Balaban J connectivity index is 2.01. The summed E-state index contributed by atoms with van der Waals surface area (Å²) in [6.07, 6.45) is 3.40. The van der Waals surface area contributed by atoms with Crippen LogP contribution in [0, 0.1) is 6.92 Å². The van der Waals surface area contributed by atoms with Crippen molar-refractivity contribution in [3.63, 3.8) is 0 Å². The van der Waals surface area contributed by atoms with Gasteiger partial charge in [-0.3, -0.25) is 9.36 Å². The maximum Gasteiger partial charge on any atom is 0.145 e. The molecule has 0 aliphatic carbocycles. The van der Waals surface area contributed by atoms with Gasteiger partial charge >= 0.3 is 0 Å². The smallest absolute Gasteiger partial charge is 0.145 e. The van der Waals surface area contributed by atoms with Crippen molar-refractivity contribution in [2.45, 2.75) is 20.0 Å². The third-order valence-electron chi connectivity index (χ3n) is 2.14. The van der Waals surface area contributed by atoms with Crippen molar-refractivity contribution in [3.8, 4) is 0 Å². The van der Waals surface area contributed by atoms with Gasteiger partial charge in [-0.2, -0.15) is 10.2 Å². The summed E-state index contributed by atoms with van der Waals surface area (Å²) in [7, 11) is 0. The minimum Gasteiger partial charge on any atom is -0.382 e. The van der Waals surface area contributed by atoms with Gasteiger partial charge in [0.15, 0.2) is 0 Å². The SMILES string of the molecule is Cc1cc(N)nn1CCn1cc(Cl)cn1. The first kappa shape index (κ1) is 10.0. The van der Waals surface area contributed by atoms with E-state index in [9.17, 15) is 0 Å². The number of rotatable bonds is 3. The first-order valence-corrected chi connectivity index (χ1v) is 5.01. The first-order chi connectivity index (χ1) is 7.15. The molecule has 2 N–H and O–H groups in total. The highest BCUT2D eigenvalue weighted by molar-refractivity contribution is 6.30. The molecule has 0 saturated heterocycles. The predicted molar refractivity (Wildman–Crippen MR) is 58.6 cm³/mol. The molecule has 0 fully saturated rings. The van der Waals surface area contributed by atoms with Crippen molar-refractivity contribution in [1.82, 2.24) is 19.6 Å². The van der Waals surface area contributed by atoms with E-state index in [0.717, 1.165) is 18.8 Å². The number of hydrogen-bond acceptors (Lipinski definition) is 3. The van der Waals surface area contributed by atoms with Gasteiger partial charge in [-0.25, -0.2) is 0 Å². The van der Waals surface area contributed by atoms with Gasteiger partial charge in [-0.1, -0.05) is 11.6 Å². The van der Waals surface area contributed by atoms with Crippen LogP contribution in [0.2, 0.25) is 5.02 Å². The Kier molecular flexibility index (Phi) is 2.64. The van der Waals surface area contributed by atoms with Crippen molar-refractivity contribution in [3.05, 3.63) is 29.2 Å². The molecule has 0 atom stereocenters. The number of anilines is 1. The third-order valence-corrected chi connectivity index (χ3v) is 2.34. The lowest BCUT2D eigenvalue weighted by molar-refractivity contribution is 0.493. The lowest BCUT2D eigenvalue weighted by atomic mass is 10.4. The summed E-state index contributed by atoms with van der Waals surface area (Å²) in [6.45, 7) is 3.44. The molecule has 5 nitrogen and oxygen atoms in total. The molecule has 0 unspecified atom stereocenters. The number of nitrogens with two attached hydrogens (primary N) is 1. The summed E-state index contributed by atoms with van der Waals surface area (Å²) in [5.74, 6) is 0.547. The Morgan fingerprint density at radius 2 is 2.27 bits per heavy atom. The fraction of sp³-hybridized carbons (Fsp3) is 0.333. The van der Waals surface area contributed by atoms with Crippen LogP contribution < -0.4 is 5.73 Å². The second-order valence-electron chi connectivity index (χ2n) is 3.36. The minimum atomic E-state index is 0.547. The van der Waals surface area contributed by atoms with Crippen LogP contribution in [0.1, 0.15) is 5.69 Å². The quantitative estimate of drug-likeness (QED) is 0.857. The van der Waals surface area contributed by atoms with E-state index < -0.39 is 0 Å². The zero-order valence-corrected chi connectivity index (χ0v) is 9.15. The molecule has 0 aliphatic rings. The van der Waals surface area contributed by atoms with Gasteiger partial charge in [0, 0.05) is 18.0 Å². The van der Waals surface area contributed by atoms with E-state index in [2.05, 4.69) is 10.2 Å². The predicted octanol–water partition coefficient (Wildman–Crippen LogP) is 1.32. The zero-order chi connectivity index (χ0) is 10.8. The summed E-state index contributed by atoms with van der Waals surface area (Å²) < 4.78 is 3.63. The van der Waals surface area contributed by atoms with Gasteiger partial charge in [0.2, 0.25) is 0 Å². The molecule has 0 bridgehead atoms. The highest BCUT2D eigenvalue weighted by atomic mass is 35.5. The van der Waals surface area contributed by atoms with Crippen LogP contribution in [-0.4, -0.2) is 19.6 Å². The van der Waals surface area contributed by atoms with Gasteiger partial charge < -0.3 is 5.73 Å². The molecule has 0 spiro atoms. The van der Waals surface area contributed by atoms with E-state index in [1.54, 1.807) is 17.1 Å². The van der Waals surface area contributed by atoms with Crippen molar-refractivity contribution in [2.75, 3.05) is 5.73 Å². The summed E-state index contributed by atoms with van der Waals surface area (Å²) in [5.41, 5.74) is 6.62. The summed E-state index contributed by atoms with van der Waals surface area (Å²) in [5, 5.41) is 8.88. The Morgan fingerprint density at radius 3 is 2.80 bits per heavy atom. The molecular formula is C9H12ClN5. The van der Waals surface area contributed by atoms with Crippen LogP contribution >= 0.6 is 11.6 Å². The molecule has 0 aromatic carbocycles. The standard InChI is InChI=1S/C9H12ClN5/c1-7-4-9(11)13-15(7)3-2-14-6-8(10)5-12-14/h4-6H,2-3H2,1H3,(H2,11,13). The summed E-state index contributed by atoms with van der Waals surface area (Å²) in [4.78, 5) is 0. The summed E-state index contributed by atoms with van der Waals surface area (Å²) in [6, 6.07) is 1.84. The van der Waals surface area contributed by atoms with E-state index >= 15 is 0 Å². The fourth-order valence-electron chi connectivity index (χ4n) is 1.42. The molecular weight excluding hydrogens is 214 g/mol. The molecule has 0 saturated carbocycles. The molecule has 2 aromatic heterocycles. The van der Waals surface area contributed by atoms with Gasteiger partial charge in [0.1, 0.15) is 5.82 Å². The second kappa shape index (κ2) is 3.94. The van der Waals surface area contributed by atoms with E-state index in [0.29, 0.717) is 10.8 Å². The third kappa shape index (κ3) is 2.30. The normalized spacial score (nSPS) is 10.8. The van der Waals surface area contributed by atoms with Crippen molar-refractivity contribution in [1.29, 1.82) is 0 Å². The Bertz CT molecular complexity index is 459. The molecule has 0 radical (unpaired) electrons. The van der Waals surface area contributed by atoms with Crippen molar-refractivity contribution < 1.29 is 0 Å². The second-order valence-corrected chi connectivity index (χ2v) is 3.79. The molecule has 0 amide bonds. The number of nitrogen functional groups attached to an aromatic ring is 1. The number of aromatic nitrogens is 4. The molecule has 2 heterocycles. The van der Waals surface area contributed by atoms with E-state index in [1.165, 1.54) is 0 Å². The topological polar surface area (TPSA) is 61.7 Å². The van der Waals surface area contributed by atoms with Crippen LogP contribution in [0.25, 0.3) is 0 Å². The van der Waals surface area contributed by atoms with Gasteiger partial charge in [0.05, 0.1) is 24.3 Å². The molecule has 15 heavy (non-hydrogen) atoms. The Hall–Kier alpha value is -1.49. The lowest BCUT2D eigenvalue weighted by Crippen LogP contribution is -2.10. The van der Waals surface area contributed by atoms with Gasteiger partial charge in [0.25, 0.3) is 0 Å². The van der Waals surface area contributed by atoms with Crippen LogP contribution in [0.4, 0.5) is 5.82 Å². The van der Waals surface area contributed by atoms with Crippen LogP contribution in [-0.2, 0) is 13.1 Å². The Labute approximate surface area is 92.4 Å². The Morgan fingerprint density at radius 1 is 1.47 bits per heavy atom. The average Bonchev–Trinajstić information content (AvgIpc) is 2.70. The molecule has 2 rings (SSSR count). The summed E-state index contributed by atoms with van der Waals surface area (Å²) >= 11 is 5.75. The van der Waals surface area contributed by atoms with Crippen LogP contribution in [0.5, 0.6) is 0 Å². The largest absolute Gasteiger partial charge is 0.382 e. The number of aryl methyl sites for hydroxylation is 3. The number of hydrogen-bond donors (Lipinski definition) is 1. The fourth-order valence-corrected chi connectivity index (χ4v) is 1.58. The minimum absolute atomic E-state index is 0.547. The lowest BCUT2D eigenvalue weighted by Gasteiger charge is -2.03. The van der Waals surface area contributed by atoms with Gasteiger partial charge in [-0.05, 0) is 6.92 Å². The van der Waals surface area contributed by atoms with Crippen LogP contribution in [0.3, 0.4) is 0 Å². The molecule has 6 heteroatoms. The maximum atomic E-state index is 5.75. The molecule has 0 aliphatic heterocycles. The van der Waals surface area contributed by atoms with E-state index in [1.807, 2.05) is 17.7 Å². The average molecular weight is 226 g/mol. The zero-order valence-electron chi connectivity index (χ0n) is 8.39.